The average Bonchev–Trinajstić information content (AvgIpc) is 3.41. The van der Waals surface area contributed by atoms with Crippen molar-refractivity contribution in [3.8, 4) is 11.3 Å². The molecule has 1 unspecified atom stereocenters. The van der Waals surface area contributed by atoms with E-state index in [2.05, 4.69) is 4.90 Å². The number of rotatable bonds is 4. The molecule has 5 rings (SSSR count). The molecule has 4 heterocycles. The average molecular weight is 409 g/mol. The molecule has 1 atom stereocenters. The number of carbonyl (C=O) groups is 1. The second-order valence-corrected chi connectivity index (χ2v) is 8.00. The van der Waals surface area contributed by atoms with Gasteiger partial charge in [-0.2, -0.15) is 0 Å². The van der Waals surface area contributed by atoms with Gasteiger partial charge >= 0.3 is 0 Å². The molecule has 1 fully saturated rings. The number of imidazole rings is 1. The molecule has 2 aliphatic rings. The lowest BCUT2D eigenvalue weighted by atomic mass is 10.1. The van der Waals surface area contributed by atoms with Gasteiger partial charge in [-0.1, -0.05) is 29.8 Å². The third-order valence-corrected chi connectivity index (χ3v) is 5.86. The molecule has 3 aromatic rings. The Kier molecular flexibility index (Phi) is 4.53. The molecule has 1 amide bonds. The molecule has 6 nitrogen and oxygen atoms in total. The Morgan fingerprint density at radius 1 is 1.17 bits per heavy atom. The molecular formula is C22H21ClN4O2. The lowest BCUT2D eigenvalue weighted by molar-refractivity contribution is -0.125. The Morgan fingerprint density at radius 3 is 2.76 bits per heavy atom. The molecule has 0 aliphatic carbocycles. The monoisotopic (exact) mass is 408 g/mol. The number of pyridine rings is 1. The lowest BCUT2D eigenvalue weighted by Gasteiger charge is -2.22. The third-order valence-electron chi connectivity index (χ3n) is 5.61. The van der Waals surface area contributed by atoms with Crippen LogP contribution in [0.3, 0.4) is 0 Å². The number of aliphatic hydroxyl groups is 1. The molecule has 2 aromatic heterocycles. The predicted molar refractivity (Wildman–Crippen MR) is 111 cm³/mol. The zero-order chi connectivity index (χ0) is 20.0. The summed E-state index contributed by atoms with van der Waals surface area (Å²) < 4.78 is 2.04. The second-order valence-electron chi connectivity index (χ2n) is 7.56. The normalized spacial score (nSPS) is 19.4. The minimum atomic E-state index is -0.310. The smallest absolute Gasteiger partial charge is 0.249 e. The first kappa shape index (κ1) is 18.2. The van der Waals surface area contributed by atoms with Gasteiger partial charge in [-0.05, 0) is 30.7 Å². The quantitative estimate of drug-likeness (QED) is 0.721. The van der Waals surface area contributed by atoms with Gasteiger partial charge in [-0.15, -0.1) is 0 Å². The van der Waals surface area contributed by atoms with Gasteiger partial charge < -0.3 is 19.3 Å². The van der Waals surface area contributed by atoms with Crippen LogP contribution in [-0.2, 0) is 11.3 Å². The van der Waals surface area contributed by atoms with Gasteiger partial charge in [-0.25, -0.2) is 4.98 Å². The number of hydrogen-bond acceptors (Lipinski definition) is 4. The number of amides is 1. The summed E-state index contributed by atoms with van der Waals surface area (Å²) in [7, 11) is 0. The third kappa shape index (κ3) is 3.39. The second kappa shape index (κ2) is 7.21. The van der Waals surface area contributed by atoms with Gasteiger partial charge in [0.05, 0.1) is 30.6 Å². The van der Waals surface area contributed by atoms with Crippen LogP contribution in [0.1, 0.15) is 12.1 Å². The van der Waals surface area contributed by atoms with Crippen LogP contribution in [0.5, 0.6) is 0 Å². The number of nitrogens with zero attached hydrogens (tertiary/aromatic N) is 4. The molecule has 148 valence electrons. The van der Waals surface area contributed by atoms with Gasteiger partial charge in [0.25, 0.3) is 0 Å². The Bertz CT molecular complexity index is 1110. The van der Waals surface area contributed by atoms with Crippen molar-refractivity contribution in [3.63, 3.8) is 0 Å². The number of aromatic nitrogens is 2. The zero-order valence-electron chi connectivity index (χ0n) is 15.8. The van der Waals surface area contributed by atoms with Crippen molar-refractivity contribution in [2.45, 2.75) is 19.1 Å². The van der Waals surface area contributed by atoms with E-state index in [1.165, 1.54) is 0 Å². The number of halogens is 1. The highest BCUT2D eigenvalue weighted by atomic mass is 35.5. The van der Waals surface area contributed by atoms with Crippen LogP contribution in [0.2, 0.25) is 5.02 Å². The van der Waals surface area contributed by atoms with Crippen LogP contribution in [0, 0.1) is 0 Å². The van der Waals surface area contributed by atoms with Crippen molar-refractivity contribution in [2.24, 2.45) is 0 Å². The highest BCUT2D eigenvalue weighted by molar-refractivity contribution is 6.30. The van der Waals surface area contributed by atoms with E-state index in [9.17, 15) is 9.90 Å². The predicted octanol–water partition coefficient (Wildman–Crippen LogP) is 2.95. The fourth-order valence-electron chi connectivity index (χ4n) is 4.10. The molecule has 2 aliphatic heterocycles. The molecule has 1 saturated heterocycles. The van der Waals surface area contributed by atoms with E-state index < -0.39 is 0 Å². The van der Waals surface area contributed by atoms with Crippen LogP contribution in [0.25, 0.3) is 16.9 Å². The van der Waals surface area contributed by atoms with E-state index in [-0.39, 0.29) is 12.0 Å². The summed E-state index contributed by atoms with van der Waals surface area (Å²) in [6.45, 7) is 2.39. The van der Waals surface area contributed by atoms with E-state index >= 15 is 0 Å². The zero-order valence-corrected chi connectivity index (χ0v) is 16.6. The van der Waals surface area contributed by atoms with Crippen molar-refractivity contribution in [3.05, 3.63) is 71.2 Å². The summed E-state index contributed by atoms with van der Waals surface area (Å²) >= 11 is 6.05. The molecule has 29 heavy (non-hydrogen) atoms. The fraction of sp³-hybridized carbons (Fsp3) is 0.273. The first-order chi connectivity index (χ1) is 14.1. The van der Waals surface area contributed by atoms with Crippen molar-refractivity contribution in [1.29, 1.82) is 0 Å². The molecule has 1 aromatic carbocycles. The van der Waals surface area contributed by atoms with Crippen molar-refractivity contribution in [1.82, 2.24) is 19.2 Å². The Balaban J connectivity index is 1.47. The minimum absolute atomic E-state index is 0.00525. The topological polar surface area (TPSA) is 61.1 Å². The Labute approximate surface area is 173 Å². The van der Waals surface area contributed by atoms with E-state index in [0.717, 1.165) is 41.3 Å². The van der Waals surface area contributed by atoms with Crippen LogP contribution >= 0.6 is 11.6 Å². The van der Waals surface area contributed by atoms with Gasteiger partial charge in [0.1, 0.15) is 5.65 Å². The molecule has 0 spiro atoms. The minimum Gasteiger partial charge on any atom is -0.391 e. The summed E-state index contributed by atoms with van der Waals surface area (Å²) in [5, 5.41) is 10.5. The first-order valence-corrected chi connectivity index (χ1v) is 10.1. The maximum atomic E-state index is 12.7. The first-order valence-electron chi connectivity index (χ1n) is 9.73. The van der Waals surface area contributed by atoms with Crippen LogP contribution in [-0.4, -0.2) is 55.9 Å². The summed E-state index contributed by atoms with van der Waals surface area (Å²) in [4.78, 5) is 21.4. The molecular weight excluding hydrogens is 388 g/mol. The van der Waals surface area contributed by atoms with Crippen molar-refractivity contribution in [2.75, 3.05) is 19.6 Å². The van der Waals surface area contributed by atoms with E-state index in [0.29, 0.717) is 24.7 Å². The van der Waals surface area contributed by atoms with Gasteiger partial charge in [0, 0.05) is 41.6 Å². The molecule has 0 radical (unpaired) electrons. The summed E-state index contributed by atoms with van der Waals surface area (Å²) in [5.41, 5.74) is 4.61. The standard InChI is InChI=1S/C22H21ClN4O2/c23-16-6-4-15(5-7-16)22-19(27-9-2-1-3-20(27)24-22)14-26-12-17(11-21(26)29)25-10-8-18(28)13-25/h1-7,9,11,18,28H,8,10,12-14H2. The highest BCUT2D eigenvalue weighted by Crippen LogP contribution is 2.29. The number of carbonyl (C=O) groups excluding carboxylic acids is 1. The maximum absolute atomic E-state index is 12.7. The summed E-state index contributed by atoms with van der Waals surface area (Å²) in [6.07, 6.45) is 4.11. The Morgan fingerprint density at radius 2 is 2.00 bits per heavy atom. The SMILES string of the molecule is O=C1C=C(N2CCC(O)C2)CN1Cc1c(-c2ccc(Cl)cc2)nc2ccccn12. The number of benzene rings is 1. The van der Waals surface area contributed by atoms with Crippen molar-refractivity contribution < 1.29 is 9.90 Å². The number of fused-ring (bicyclic) bond motifs is 1. The summed E-state index contributed by atoms with van der Waals surface area (Å²) in [5.74, 6) is -0.00525. The molecule has 0 bridgehead atoms. The van der Waals surface area contributed by atoms with Crippen LogP contribution in [0.15, 0.2) is 60.4 Å². The largest absolute Gasteiger partial charge is 0.391 e. The summed E-state index contributed by atoms with van der Waals surface area (Å²) in [6, 6.07) is 13.5. The number of aliphatic hydroxyl groups excluding tert-OH is 1. The number of likely N-dealkylation sites (tertiary alicyclic amines) is 1. The lowest BCUT2D eigenvalue weighted by Crippen LogP contribution is -2.29. The molecule has 0 saturated carbocycles. The maximum Gasteiger partial charge on any atom is 0.249 e. The van der Waals surface area contributed by atoms with Gasteiger partial charge in [0.15, 0.2) is 0 Å². The number of hydrogen-bond donors (Lipinski definition) is 1. The van der Waals surface area contributed by atoms with Gasteiger partial charge in [0.2, 0.25) is 5.91 Å². The van der Waals surface area contributed by atoms with E-state index in [1.807, 2.05) is 58.0 Å². The molecule has 7 heteroatoms. The fourth-order valence-corrected chi connectivity index (χ4v) is 4.22. The van der Waals surface area contributed by atoms with Crippen LogP contribution < -0.4 is 0 Å². The highest BCUT2D eigenvalue weighted by Gasteiger charge is 2.30. The van der Waals surface area contributed by atoms with E-state index in [4.69, 9.17) is 16.6 Å². The van der Waals surface area contributed by atoms with Gasteiger partial charge in [-0.3, -0.25) is 4.79 Å². The van der Waals surface area contributed by atoms with E-state index in [1.54, 1.807) is 6.08 Å². The van der Waals surface area contributed by atoms with Crippen LogP contribution in [0.4, 0.5) is 0 Å². The molecule has 1 N–H and O–H groups in total. The number of β-amino-alcohol motifs (C(OH)–C–C–N with tert-alkyl or cyclic N) is 1. The Hall–Kier alpha value is -2.83. The van der Waals surface area contributed by atoms with Crippen molar-refractivity contribution >= 4 is 23.2 Å².